The smallest absolute Gasteiger partial charge is 0.250 e. The highest BCUT2D eigenvalue weighted by Gasteiger charge is 2.21. The van der Waals surface area contributed by atoms with Gasteiger partial charge >= 0.3 is 0 Å². The van der Waals surface area contributed by atoms with Crippen LogP contribution in [0.1, 0.15) is 23.2 Å². The van der Waals surface area contributed by atoms with Gasteiger partial charge in [0, 0.05) is 24.1 Å². The van der Waals surface area contributed by atoms with Gasteiger partial charge in [-0.25, -0.2) is 0 Å². The molecule has 1 saturated heterocycles. The van der Waals surface area contributed by atoms with E-state index >= 15 is 0 Å². The standard InChI is InChI=1S/C13H18BrN3O/c1-17(10-3-2-6-16-8-10)12-7-9(14)4-5-11(12)13(15)18/h4-5,7,10,16H,2-3,6,8H2,1H3,(H2,15,18). The normalized spacial score (nSPS) is 19.6. The first-order valence-electron chi connectivity index (χ1n) is 6.12. The van der Waals surface area contributed by atoms with Crippen LogP contribution in [0.25, 0.3) is 0 Å². The Kier molecular flexibility index (Phi) is 4.24. The van der Waals surface area contributed by atoms with Gasteiger partial charge < -0.3 is 16.0 Å². The van der Waals surface area contributed by atoms with Crippen LogP contribution in [0.2, 0.25) is 0 Å². The number of anilines is 1. The van der Waals surface area contributed by atoms with E-state index in [9.17, 15) is 4.79 Å². The summed E-state index contributed by atoms with van der Waals surface area (Å²) in [6, 6.07) is 5.98. The van der Waals surface area contributed by atoms with Gasteiger partial charge in [-0.2, -0.15) is 0 Å². The molecule has 2 rings (SSSR count). The second-order valence-electron chi connectivity index (χ2n) is 4.64. The van der Waals surface area contributed by atoms with Gasteiger partial charge in [0.05, 0.1) is 11.3 Å². The Bertz CT molecular complexity index is 444. The number of halogens is 1. The lowest BCUT2D eigenvalue weighted by Crippen LogP contribution is -2.44. The maximum atomic E-state index is 11.5. The molecule has 1 heterocycles. The van der Waals surface area contributed by atoms with Gasteiger partial charge in [0.2, 0.25) is 0 Å². The van der Waals surface area contributed by atoms with E-state index in [0.29, 0.717) is 11.6 Å². The zero-order chi connectivity index (χ0) is 13.1. The monoisotopic (exact) mass is 311 g/mol. The van der Waals surface area contributed by atoms with Gasteiger partial charge in [-0.3, -0.25) is 4.79 Å². The summed E-state index contributed by atoms with van der Waals surface area (Å²) in [7, 11) is 2.02. The zero-order valence-electron chi connectivity index (χ0n) is 10.4. The first-order valence-corrected chi connectivity index (χ1v) is 6.92. The van der Waals surface area contributed by atoms with E-state index in [1.54, 1.807) is 6.07 Å². The Morgan fingerprint density at radius 2 is 2.33 bits per heavy atom. The molecule has 5 heteroatoms. The third-order valence-electron chi connectivity index (χ3n) is 3.42. The lowest BCUT2D eigenvalue weighted by molar-refractivity contribution is 0.100. The minimum absolute atomic E-state index is 0.381. The predicted octanol–water partition coefficient (Wildman–Crippen LogP) is 1.74. The van der Waals surface area contributed by atoms with Gasteiger partial charge in [-0.15, -0.1) is 0 Å². The number of carbonyl (C=O) groups excluding carboxylic acids is 1. The minimum Gasteiger partial charge on any atom is -0.370 e. The maximum absolute atomic E-state index is 11.5. The predicted molar refractivity (Wildman–Crippen MR) is 77.0 cm³/mol. The molecule has 1 amide bonds. The van der Waals surface area contributed by atoms with E-state index in [-0.39, 0.29) is 5.91 Å². The number of hydrogen-bond donors (Lipinski definition) is 2. The van der Waals surface area contributed by atoms with Crippen molar-refractivity contribution in [2.24, 2.45) is 5.73 Å². The summed E-state index contributed by atoms with van der Waals surface area (Å²) < 4.78 is 0.957. The molecule has 1 atom stereocenters. The molecular weight excluding hydrogens is 294 g/mol. The Morgan fingerprint density at radius 3 is 2.94 bits per heavy atom. The fourth-order valence-corrected chi connectivity index (χ4v) is 2.71. The number of piperidine rings is 1. The van der Waals surface area contributed by atoms with Crippen molar-refractivity contribution in [3.05, 3.63) is 28.2 Å². The van der Waals surface area contributed by atoms with Gasteiger partial charge in [-0.1, -0.05) is 15.9 Å². The lowest BCUT2D eigenvalue weighted by Gasteiger charge is -2.34. The second-order valence-corrected chi connectivity index (χ2v) is 5.55. The van der Waals surface area contributed by atoms with E-state index in [2.05, 4.69) is 26.1 Å². The summed E-state index contributed by atoms with van der Waals surface area (Å²) in [5.74, 6) is -0.381. The summed E-state index contributed by atoms with van der Waals surface area (Å²) in [4.78, 5) is 13.6. The van der Waals surface area contributed by atoms with Crippen LogP contribution >= 0.6 is 15.9 Å². The summed E-state index contributed by atoms with van der Waals surface area (Å²) in [5.41, 5.74) is 6.90. The molecule has 1 aromatic carbocycles. The van der Waals surface area contributed by atoms with Crippen molar-refractivity contribution >= 4 is 27.5 Å². The van der Waals surface area contributed by atoms with E-state index in [1.807, 2.05) is 19.2 Å². The molecule has 98 valence electrons. The quantitative estimate of drug-likeness (QED) is 0.894. The first-order chi connectivity index (χ1) is 8.59. The van der Waals surface area contributed by atoms with Crippen LogP contribution in [0.5, 0.6) is 0 Å². The third-order valence-corrected chi connectivity index (χ3v) is 3.92. The van der Waals surface area contributed by atoms with Crippen molar-refractivity contribution in [2.45, 2.75) is 18.9 Å². The molecule has 0 saturated carbocycles. The molecule has 3 N–H and O–H groups in total. The van der Waals surface area contributed by atoms with Gasteiger partial charge in [0.1, 0.15) is 0 Å². The minimum atomic E-state index is -0.381. The second kappa shape index (κ2) is 5.71. The molecular formula is C13H18BrN3O. The van der Waals surface area contributed by atoms with Gasteiger partial charge in [-0.05, 0) is 37.6 Å². The largest absolute Gasteiger partial charge is 0.370 e. The van der Waals surface area contributed by atoms with Crippen molar-refractivity contribution in [1.29, 1.82) is 0 Å². The number of hydrogen-bond acceptors (Lipinski definition) is 3. The van der Waals surface area contributed by atoms with Crippen LogP contribution in [-0.4, -0.2) is 32.1 Å². The Morgan fingerprint density at radius 1 is 1.56 bits per heavy atom. The van der Waals surface area contributed by atoms with E-state index in [4.69, 9.17) is 5.73 Å². The maximum Gasteiger partial charge on any atom is 0.250 e. The number of nitrogens with zero attached hydrogens (tertiary/aromatic N) is 1. The number of nitrogens with two attached hydrogens (primary N) is 1. The van der Waals surface area contributed by atoms with E-state index in [1.165, 1.54) is 0 Å². The summed E-state index contributed by atoms with van der Waals surface area (Å²) in [5, 5.41) is 3.38. The average Bonchev–Trinajstić information content (AvgIpc) is 2.38. The van der Waals surface area contributed by atoms with Gasteiger partial charge in [0.25, 0.3) is 5.91 Å². The fourth-order valence-electron chi connectivity index (χ4n) is 2.37. The van der Waals surface area contributed by atoms with Crippen LogP contribution in [-0.2, 0) is 0 Å². The molecule has 1 unspecified atom stereocenters. The summed E-state index contributed by atoms with van der Waals surface area (Å²) >= 11 is 3.44. The molecule has 1 aromatic rings. The van der Waals surface area contributed by atoms with E-state index < -0.39 is 0 Å². The number of rotatable bonds is 3. The molecule has 1 aliphatic heterocycles. The molecule has 1 aliphatic rings. The topological polar surface area (TPSA) is 58.4 Å². The van der Waals surface area contributed by atoms with Crippen molar-refractivity contribution in [3.8, 4) is 0 Å². The highest BCUT2D eigenvalue weighted by Crippen LogP contribution is 2.27. The van der Waals surface area contributed by atoms with E-state index in [0.717, 1.165) is 36.1 Å². The molecule has 0 radical (unpaired) electrons. The molecule has 0 aliphatic carbocycles. The van der Waals surface area contributed by atoms with Crippen LogP contribution in [0.3, 0.4) is 0 Å². The third kappa shape index (κ3) is 2.84. The summed E-state index contributed by atoms with van der Waals surface area (Å²) in [6.07, 6.45) is 2.29. The lowest BCUT2D eigenvalue weighted by atomic mass is 10.0. The molecule has 0 spiro atoms. The van der Waals surface area contributed by atoms with Crippen LogP contribution < -0.4 is 16.0 Å². The molecule has 4 nitrogen and oxygen atoms in total. The van der Waals surface area contributed by atoms with Gasteiger partial charge in [0.15, 0.2) is 0 Å². The Balaban J connectivity index is 2.30. The highest BCUT2D eigenvalue weighted by molar-refractivity contribution is 9.10. The number of nitrogens with one attached hydrogen (secondary N) is 1. The zero-order valence-corrected chi connectivity index (χ0v) is 12.0. The van der Waals surface area contributed by atoms with Crippen LogP contribution in [0.15, 0.2) is 22.7 Å². The number of primary amides is 1. The Labute approximate surface area is 116 Å². The molecule has 0 aromatic heterocycles. The average molecular weight is 312 g/mol. The Hall–Kier alpha value is -1.07. The van der Waals surface area contributed by atoms with Crippen LogP contribution in [0.4, 0.5) is 5.69 Å². The first kappa shape index (κ1) is 13.4. The molecule has 1 fully saturated rings. The van der Waals surface area contributed by atoms with Crippen molar-refractivity contribution in [1.82, 2.24) is 5.32 Å². The number of amides is 1. The van der Waals surface area contributed by atoms with Crippen LogP contribution in [0, 0.1) is 0 Å². The van der Waals surface area contributed by atoms with Crippen molar-refractivity contribution < 1.29 is 4.79 Å². The fraction of sp³-hybridized carbons (Fsp3) is 0.462. The van der Waals surface area contributed by atoms with Crippen molar-refractivity contribution in [2.75, 3.05) is 25.0 Å². The SMILES string of the molecule is CN(c1cc(Br)ccc1C(N)=O)C1CCCNC1. The number of benzene rings is 1. The molecule has 18 heavy (non-hydrogen) atoms. The van der Waals surface area contributed by atoms with Crippen molar-refractivity contribution in [3.63, 3.8) is 0 Å². The molecule has 0 bridgehead atoms. The summed E-state index contributed by atoms with van der Waals surface area (Å²) in [6.45, 7) is 2.02. The highest BCUT2D eigenvalue weighted by atomic mass is 79.9. The number of carbonyl (C=O) groups is 1. The number of likely N-dealkylation sites (N-methyl/N-ethyl adjacent to an activating group) is 1.